The first-order valence-electron chi connectivity index (χ1n) is 29.1. The van der Waals surface area contributed by atoms with Crippen LogP contribution in [0.2, 0.25) is 0 Å². The molecule has 5 nitrogen and oxygen atoms in total. The number of nitrogens with zero attached hydrogens (tertiary/aromatic N) is 4. The van der Waals surface area contributed by atoms with Gasteiger partial charge in [0.2, 0.25) is 0 Å². The molecule has 82 heavy (non-hydrogen) atoms. The summed E-state index contributed by atoms with van der Waals surface area (Å²) < 4.78 is 9.54. The molecule has 0 saturated heterocycles. The Morgan fingerprint density at radius 1 is 0.354 bits per heavy atom. The lowest BCUT2D eigenvalue weighted by molar-refractivity contribution is 0.479. The monoisotopic (exact) mass is 1070 g/mol. The lowest BCUT2D eigenvalue weighted by atomic mass is 9.68. The maximum absolute atomic E-state index is 7.24. The van der Waals surface area contributed by atoms with E-state index in [1.165, 1.54) is 66.7 Å². The summed E-state index contributed by atoms with van der Waals surface area (Å²) in [6.07, 6.45) is 1.95. The fourth-order valence-electron chi connectivity index (χ4n) is 12.4. The summed E-state index contributed by atoms with van der Waals surface area (Å²) in [6.45, 7) is 28.6. The third-order valence-electron chi connectivity index (χ3n) is 17.7. The lowest BCUT2D eigenvalue weighted by Gasteiger charge is -2.37. The Morgan fingerprint density at radius 3 is 1.40 bits per heavy atom. The molecule has 0 radical (unpaired) electrons. The zero-order valence-corrected chi connectivity index (χ0v) is 49.8. The van der Waals surface area contributed by atoms with Gasteiger partial charge in [-0.15, -0.1) is 0 Å². The normalized spacial score (nSPS) is 13.3. The maximum atomic E-state index is 7.24. The van der Waals surface area contributed by atoms with Crippen molar-refractivity contribution in [3.05, 3.63) is 275 Å². The van der Waals surface area contributed by atoms with Gasteiger partial charge < -0.3 is 14.5 Å². The number of hydrogen-bond acceptors (Lipinski definition) is 4. The summed E-state index contributed by atoms with van der Waals surface area (Å²) in [6, 6.07) is 82.4. The van der Waals surface area contributed by atoms with Gasteiger partial charge in [-0.25, -0.2) is 4.98 Å². The van der Waals surface area contributed by atoms with E-state index < -0.39 is 0 Å². The standard InChI is InChI=1S/C77H76N4O/c1-73(2,3)58-41-53(52-27-17-13-18-28-52)42-60(43-58)79-51-80(71-50-67(77(11,12)56-33-23-16-24-34-56)66(49-70(71)79)76(9,10)55-31-21-15-22-32-55)61-44-59(74(4,5)6)45-63(47-61)82-62-37-38-65-64-35-25-26-36-68(64)81(69(65)48-62)72-46-57(39-40-78-72)75(7,8)54-29-19-14-20-30-54/h13-50H,51H2,1-12H3. The van der Waals surface area contributed by atoms with Crippen LogP contribution in [-0.2, 0) is 27.1 Å². The van der Waals surface area contributed by atoms with Crippen molar-refractivity contribution >= 4 is 44.6 Å². The molecule has 410 valence electrons. The third kappa shape index (κ3) is 9.84. The van der Waals surface area contributed by atoms with Crippen LogP contribution in [-0.4, -0.2) is 16.2 Å². The maximum Gasteiger partial charge on any atom is 0.137 e. The Morgan fingerprint density at radius 2 is 0.841 bits per heavy atom. The highest BCUT2D eigenvalue weighted by molar-refractivity contribution is 6.09. The van der Waals surface area contributed by atoms with Crippen LogP contribution in [0.15, 0.2) is 231 Å². The van der Waals surface area contributed by atoms with Crippen LogP contribution >= 0.6 is 0 Å². The smallest absolute Gasteiger partial charge is 0.137 e. The van der Waals surface area contributed by atoms with Gasteiger partial charge in [0.25, 0.3) is 0 Å². The van der Waals surface area contributed by atoms with Crippen LogP contribution in [0, 0.1) is 0 Å². The predicted octanol–water partition coefficient (Wildman–Crippen LogP) is 20.5. The van der Waals surface area contributed by atoms with Gasteiger partial charge in [-0.3, -0.25) is 4.57 Å². The van der Waals surface area contributed by atoms with Gasteiger partial charge in [-0.1, -0.05) is 229 Å². The fourth-order valence-corrected chi connectivity index (χ4v) is 12.4. The summed E-state index contributed by atoms with van der Waals surface area (Å²) in [4.78, 5) is 10.2. The molecule has 0 saturated carbocycles. The van der Waals surface area contributed by atoms with Crippen molar-refractivity contribution in [2.45, 2.75) is 110 Å². The van der Waals surface area contributed by atoms with Crippen LogP contribution in [0.3, 0.4) is 0 Å². The van der Waals surface area contributed by atoms with Crippen molar-refractivity contribution in [2.24, 2.45) is 0 Å². The molecule has 12 rings (SSSR count). The second-order valence-corrected chi connectivity index (χ2v) is 26.2. The van der Waals surface area contributed by atoms with Gasteiger partial charge in [0.1, 0.15) is 24.0 Å². The van der Waals surface area contributed by atoms with Crippen molar-refractivity contribution < 1.29 is 4.74 Å². The second kappa shape index (κ2) is 20.4. The highest BCUT2D eigenvalue weighted by Crippen LogP contribution is 2.53. The number of para-hydroxylation sites is 1. The van der Waals surface area contributed by atoms with Crippen molar-refractivity contribution in [3.8, 4) is 28.4 Å². The molecule has 0 N–H and O–H groups in total. The van der Waals surface area contributed by atoms with Crippen LogP contribution in [0.1, 0.15) is 128 Å². The van der Waals surface area contributed by atoms with Crippen molar-refractivity contribution in [3.63, 3.8) is 0 Å². The Labute approximate surface area is 486 Å². The van der Waals surface area contributed by atoms with Crippen LogP contribution in [0.25, 0.3) is 38.8 Å². The zero-order valence-electron chi connectivity index (χ0n) is 49.8. The van der Waals surface area contributed by atoms with E-state index in [1.807, 2.05) is 6.20 Å². The molecule has 0 spiro atoms. The van der Waals surface area contributed by atoms with Gasteiger partial charge in [-0.2, -0.15) is 0 Å². The minimum absolute atomic E-state index is 0.101. The Balaban J connectivity index is 1.04. The Kier molecular flexibility index (Phi) is 13.4. The summed E-state index contributed by atoms with van der Waals surface area (Å²) in [5.74, 6) is 2.40. The van der Waals surface area contributed by atoms with E-state index in [2.05, 4.69) is 322 Å². The number of ether oxygens (including phenoxy) is 1. The number of aromatic nitrogens is 2. The molecule has 0 unspecified atom stereocenters. The van der Waals surface area contributed by atoms with Gasteiger partial charge >= 0.3 is 0 Å². The summed E-state index contributed by atoms with van der Waals surface area (Å²) >= 11 is 0. The Hall–Kier alpha value is -8.67. The average Bonchev–Trinajstić information content (AvgIpc) is 4.08. The van der Waals surface area contributed by atoms with Gasteiger partial charge in [-0.05, 0) is 133 Å². The number of benzene rings is 9. The minimum atomic E-state index is -0.360. The van der Waals surface area contributed by atoms with E-state index in [0.717, 1.165) is 50.8 Å². The number of hydrogen-bond donors (Lipinski definition) is 0. The van der Waals surface area contributed by atoms with E-state index >= 15 is 0 Å². The van der Waals surface area contributed by atoms with Crippen LogP contribution < -0.4 is 14.5 Å². The van der Waals surface area contributed by atoms with E-state index in [-0.39, 0.29) is 27.1 Å². The first-order chi connectivity index (χ1) is 39.2. The van der Waals surface area contributed by atoms with E-state index in [0.29, 0.717) is 6.67 Å². The molecule has 0 atom stereocenters. The fraction of sp³-hybridized carbons (Fsp3) is 0.234. The van der Waals surface area contributed by atoms with Gasteiger partial charge in [0, 0.05) is 56.7 Å². The van der Waals surface area contributed by atoms with Gasteiger partial charge in [0.15, 0.2) is 0 Å². The molecule has 3 heterocycles. The Bertz CT molecular complexity index is 4140. The average molecular weight is 1070 g/mol. The topological polar surface area (TPSA) is 33.5 Å². The molecule has 1 aliphatic heterocycles. The molecular formula is C77H76N4O. The molecule has 2 aromatic heterocycles. The predicted molar refractivity (Wildman–Crippen MR) is 346 cm³/mol. The van der Waals surface area contributed by atoms with Crippen molar-refractivity contribution in [1.29, 1.82) is 0 Å². The number of rotatable bonds is 12. The van der Waals surface area contributed by atoms with E-state index in [1.54, 1.807) is 0 Å². The van der Waals surface area contributed by atoms with E-state index in [4.69, 9.17) is 9.72 Å². The largest absolute Gasteiger partial charge is 0.457 e. The van der Waals surface area contributed by atoms with E-state index in [9.17, 15) is 0 Å². The first kappa shape index (κ1) is 53.9. The molecule has 0 bridgehead atoms. The molecule has 9 aromatic carbocycles. The van der Waals surface area contributed by atoms with Crippen molar-refractivity contribution in [1.82, 2.24) is 9.55 Å². The summed E-state index contributed by atoms with van der Waals surface area (Å²) in [7, 11) is 0. The molecule has 5 heteroatoms. The molecule has 1 aliphatic rings. The molecule has 0 amide bonds. The zero-order chi connectivity index (χ0) is 57.3. The van der Waals surface area contributed by atoms with Gasteiger partial charge in [0.05, 0.1) is 22.4 Å². The SMILES string of the molecule is CC(C)(C)c1cc(Oc2ccc3c4ccccc4n(-c4cc(C(C)(C)c5ccccc5)ccn4)c3c2)cc(N2CN(c3cc(-c4ccccc4)cc(C(C)(C)C)c3)c3cc(C(C)(C)c4ccccc4)c(C(C)(C)c4ccccc4)cc32)c1. The van der Waals surface area contributed by atoms with Crippen LogP contribution in [0.5, 0.6) is 11.5 Å². The first-order valence-corrected chi connectivity index (χ1v) is 29.1. The highest BCUT2D eigenvalue weighted by atomic mass is 16.5. The van der Waals surface area contributed by atoms with Crippen molar-refractivity contribution in [2.75, 3.05) is 16.5 Å². The molecule has 0 aliphatic carbocycles. The quantitative estimate of drug-likeness (QED) is 0.122. The minimum Gasteiger partial charge on any atom is -0.457 e. The number of fused-ring (bicyclic) bond motifs is 4. The number of pyridine rings is 1. The highest BCUT2D eigenvalue weighted by Gasteiger charge is 2.39. The molecular weight excluding hydrogens is 997 g/mol. The third-order valence-corrected chi connectivity index (χ3v) is 17.7. The van der Waals surface area contributed by atoms with Crippen LogP contribution in [0.4, 0.5) is 22.7 Å². The number of anilines is 4. The summed E-state index contributed by atoms with van der Waals surface area (Å²) in [5, 5.41) is 2.31. The molecule has 0 fully saturated rings. The second-order valence-electron chi connectivity index (χ2n) is 26.2. The lowest BCUT2D eigenvalue weighted by Crippen LogP contribution is -2.28. The molecule has 11 aromatic rings. The summed E-state index contributed by atoms with van der Waals surface area (Å²) in [5.41, 5.74) is 17.9.